The zero-order valence-corrected chi connectivity index (χ0v) is 14.5. The number of esters is 3. The minimum absolute atomic E-state index is 0.00971. The molecule has 13 nitrogen and oxygen atoms in total. The Kier molecular flexibility index (Phi) is 4.03. The minimum atomic E-state index is -1.35. The van der Waals surface area contributed by atoms with E-state index in [0.717, 1.165) is 13.8 Å². The van der Waals surface area contributed by atoms with Crippen LogP contribution in [-0.2, 0) is 33.3 Å². The van der Waals surface area contributed by atoms with Crippen LogP contribution in [0.1, 0.15) is 20.1 Å². The van der Waals surface area contributed by atoms with Gasteiger partial charge in [-0.25, -0.2) is 14.6 Å². The highest BCUT2D eigenvalue weighted by Gasteiger charge is 2.61. The third-order valence-corrected chi connectivity index (χ3v) is 4.35. The summed E-state index contributed by atoms with van der Waals surface area (Å²) in [5.74, 6) is -2.24. The van der Waals surface area contributed by atoms with Gasteiger partial charge in [0.1, 0.15) is 12.4 Å². The molecule has 2 N–H and O–H groups in total. The lowest BCUT2D eigenvalue weighted by molar-refractivity contribution is -0.174. The van der Waals surface area contributed by atoms with Crippen LogP contribution in [-0.4, -0.2) is 61.8 Å². The average molecular weight is 394 g/mol. The third kappa shape index (κ3) is 2.76. The van der Waals surface area contributed by atoms with Crippen LogP contribution in [0.25, 0.3) is 11.2 Å². The highest BCUT2D eigenvalue weighted by Crippen LogP contribution is 2.40. The lowest BCUT2D eigenvalue weighted by Gasteiger charge is -2.22. The standard InChI is InChI=1S/C15H14N4O9/c1-4(20)25-9-7-8(10(14(23)28-7)26-5(2)21)27-13(9)19-3-16-11-6(19)12(22)18-15(24)17-11/h3,7-10,13H,1-2H3,(H2,17,18,22,24)/t7-,8-,9+,10-,13-/m0/s1. The fraction of sp³-hybridized carbons (Fsp3) is 0.467. The molecular weight excluding hydrogens is 380 g/mol. The predicted molar refractivity (Wildman–Crippen MR) is 85.9 cm³/mol. The van der Waals surface area contributed by atoms with Crippen molar-refractivity contribution < 1.29 is 33.3 Å². The second-order valence-electron chi connectivity index (χ2n) is 6.25. The largest absolute Gasteiger partial charge is 0.454 e. The Labute approximate surface area is 154 Å². The van der Waals surface area contributed by atoms with Gasteiger partial charge in [0.05, 0.1) is 0 Å². The van der Waals surface area contributed by atoms with E-state index in [9.17, 15) is 24.0 Å². The number of imidazole rings is 1. The van der Waals surface area contributed by atoms with E-state index >= 15 is 0 Å². The number of aromatic nitrogens is 4. The zero-order valence-electron chi connectivity index (χ0n) is 14.5. The van der Waals surface area contributed by atoms with Crippen molar-refractivity contribution in [3.63, 3.8) is 0 Å². The molecule has 5 atom stereocenters. The van der Waals surface area contributed by atoms with Gasteiger partial charge in [-0.15, -0.1) is 0 Å². The van der Waals surface area contributed by atoms with Gasteiger partial charge in [0.2, 0.25) is 6.10 Å². The number of carbonyl (C=O) groups is 3. The molecule has 4 rings (SSSR count). The molecular formula is C15H14N4O9. The SMILES string of the molecule is CC(=O)O[C@@H]1[C@H]2OC(=O)[C@@H](OC(C)=O)[C@H]2O[C@@H]1n1cnc2[nH]c(=O)[nH]c(=O)c21. The quantitative estimate of drug-likeness (QED) is 0.442. The molecule has 2 aromatic rings. The molecule has 2 aliphatic heterocycles. The highest BCUT2D eigenvalue weighted by molar-refractivity contribution is 5.82. The van der Waals surface area contributed by atoms with Crippen molar-refractivity contribution in [2.45, 2.75) is 44.5 Å². The average Bonchev–Trinajstić information content (AvgIpc) is 3.22. The topological polar surface area (TPSA) is 172 Å². The summed E-state index contributed by atoms with van der Waals surface area (Å²) in [6, 6.07) is 0. The second-order valence-corrected chi connectivity index (χ2v) is 6.25. The van der Waals surface area contributed by atoms with Crippen LogP contribution < -0.4 is 11.2 Å². The number of nitrogens with one attached hydrogen (secondary N) is 2. The van der Waals surface area contributed by atoms with E-state index in [1.807, 2.05) is 0 Å². The molecule has 2 aliphatic rings. The number of hydrogen-bond donors (Lipinski definition) is 2. The van der Waals surface area contributed by atoms with Crippen molar-refractivity contribution in [2.24, 2.45) is 0 Å². The number of ether oxygens (including phenoxy) is 4. The molecule has 0 radical (unpaired) electrons. The fourth-order valence-electron chi connectivity index (χ4n) is 3.38. The van der Waals surface area contributed by atoms with Gasteiger partial charge >= 0.3 is 23.6 Å². The Balaban J connectivity index is 1.78. The van der Waals surface area contributed by atoms with Crippen LogP contribution in [0.15, 0.2) is 15.9 Å². The van der Waals surface area contributed by atoms with Crippen LogP contribution in [0.4, 0.5) is 0 Å². The second kappa shape index (κ2) is 6.30. The van der Waals surface area contributed by atoms with Crippen molar-refractivity contribution >= 4 is 29.1 Å². The molecule has 2 aromatic heterocycles. The van der Waals surface area contributed by atoms with Crippen molar-refractivity contribution in [2.75, 3.05) is 0 Å². The first-order chi connectivity index (χ1) is 13.3. The van der Waals surface area contributed by atoms with E-state index < -0.39 is 59.8 Å². The molecule has 0 unspecified atom stereocenters. The number of H-pyrrole nitrogens is 2. The summed E-state index contributed by atoms with van der Waals surface area (Å²) >= 11 is 0. The van der Waals surface area contributed by atoms with Gasteiger partial charge in [-0.2, -0.15) is 0 Å². The number of hydrogen-bond acceptors (Lipinski definition) is 10. The Morgan fingerprint density at radius 3 is 2.50 bits per heavy atom. The molecule has 0 aliphatic carbocycles. The lowest BCUT2D eigenvalue weighted by atomic mass is 10.1. The van der Waals surface area contributed by atoms with Gasteiger partial charge < -0.3 is 18.9 Å². The van der Waals surface area contributed by atoms with E-state index in [2.05, 4.69) is 15.0 Å². The summed E-state index contributed by atoms with van der Waals surface area (Å²) < 4.78 is 22.5. The maximum Gasteiger partial charge on any atom is 0.350 e. The molecule has 148 valence electrons. The normalized spacial score (nSPS) is 28.8. The molecule has 0 saturated carbocycles. The van der Waals surface area contributed by atoms with E-state index in [-0.39, 0.29) is 11.2 Å². The Bertz CT molecular complexity index is 1100. The van der Waals surface area contributed by atoms with E-state index in [0.29, 0.717) is 0 Å². The van der Waals surface area contributed by atoms with Crippen LogP contribution in [0.5, 0.6) is 0 Å². The minimum Gasteiger partial charge on any atom is -0.454 e. The molecule has 0 spiro atoms. The summed E-state index contributed by atoms with van der Waals surface area (Å²) in [7, 11) is 0. The molecule has 0 bridgehead atoms. The first-order valence-electron chi connectivity index (χ1n) is 8.16. The first kappa shape index (κ1) is 17.9. The predicted octanol–water partition coefficient (Wildman–Crippen LogP) is -1.90. The van der Waals surface area contributed by atoms with Gasteiger partial charge in [-0.05, 0) is 0 Å². The highest BCUT2D eigenvalue weighted by atomic mass is 16.7. The number of nitrogens with zero attached hydrogens (tertiary/aromatic N) is 2. The van der Waals surface area contributed by atoms with Crippen LogP contribution >= 0.6 is 0 Å². The molecule has 13 heteroatoms. The first-order valence-corrected chi connectivity index (χ1v) is 8.16. The number of aromatic amines is 2. The van der Waals surface area contributed by atoms with Crippen LogP contribution in [0.3, 0.4) is 0 Å². The van der Waals surface area contributed by atoms with Crippen molar-refractivity contribution in [3.05, 3.63) is 27.2 Å². The van der Waals surface area contributed by atoms with Gasteiger partial charge in [0.25, 0.3) is 5.56 Å². The molecule has 28 heavy (non-hydrogen) atoms. The monoisotopic (exact) mass is 394 g/mol. The van der Waals surface area contributed by atoms with Gasteiger partial charge in [0.15, 0.2) is 29.6 Å². The molecule has 4 heterocycles. The summed E-state index contributed by atoms with van der Waals surface area (Å²) in [6.45, 7) is 2.27. The van der Waals surface area contributed by atoms with Crippen molar-refractivity contribution in [3.8, 4) is 0 Å². The third-order valence-electron chi connectivity index (χ3n) is 4.35. The van der Waals surface area contributed by atoms with Crippen molar-refractivity contribution in [1.29, 1.82) is 0 Å². The molecule has 0 aromatic carbocycles. The van der Waals surface area contributed by atoms with E-state index in [1.54, 1.807) is 0 Å². The lowest BCUT2D eigenvalue weighted by Crippen LogP contribution is -2.36. The van der Waals surface area contributed by atoms with E-state index in [1.165, 1.54) is 10.9 Å². The maximum atomic E-state index is 12.2. The summed E-state index contributed by atoms with van der Waals surface area (Å²) in [5.41, 5.74) is -1.54. The Hall–Kier alpha value is -3.48. The van der Waals surface area contributed by atoms with E-state index in [4.69, 9.17) is 18.9 Å². The molecule has 0 amide bonds. The zero-order chi connectivity index (χ0) is 20.2. The summed E-state index contributed by atoms with van der Waals surface area (Å²) in [4.78, 5) is 66.9. The molecule has 2 fully saturated rings. The Morgan fingerprint density at radius 2 is 1.82 bits per heavy atom. The summed E-state index contributed by atoms with van der Waals surface area (Å²) in [6.07, 6.45) is -4.54. The van der Waals surface area contributed by atoms with Gasteiger partial charge in [-0.3, -0.25) is 28.9 Å². The van der Waals surface area contributed by atoms with Crippen LogP contribution in [0, 0.1) is 0 Å². The fourth-order valence-corrected chi connectivity index (χ4v) is 3.38. The number of rotatable bonds is 3. The van der Waals surface area contributed by atoms with Gasteiger partial charge in [-0.1, -0.05) is 0 Å². The maximum absolute atomic E-state index is 12.2. The van der Waals surface area contributed by atoms with Gasteiger partial charge in [0, 0.05) is 13.8 Å². The van der Waals surface area contributed by atoms with Crippen LogP contribution in [0.2, 0.25) is 0 Å². The smallest absolute Gasteiger partial charge is 0.350 e. The molecule has 2 saturated heterocycles. The number of carbonyl (C=O) groups excluding carboxylic acids is 3. The van der Waals surface area contributed by atoms with Crippen molar-refractivity contribution in [1.82, 2.24) is 19.5 Å². The Morgan fingerprint density at radius 1 is 1.11 bits per heavy atom. The summed E-state index contributed by atoms with van der Waals surface area (Å²) in [5, 5.41) is 0. The number of fused-ring (bicyclic) bond motifs is 2.